The average molecular weight is 286 g/mol. The molecule has 0 bridgehead atoms. The van der Waals surface area contributed by atoms with Gasteiger partial charge < -0.3 is 9.80 Å². The molecule has 1 aromatic carbocycles. The van der Waals surface area contributed by atoms with Crippen LogP contribution in [0.25, 0.3) is 0 Å². The molecule has 112 valence electrons. The van der Waals surface area contributed by atoms with Gasteiger partial charge in [-0.1, -0.05) is 24.1 Å². The number of nitrogens with zero attached hydrogens (tertiary/aromatic N) is 2. The molecule has 1 heterocycles. The second kappa shape index (κ2) is 5.51. The van der Waals surface area contributed by atoms with Crippen molar-refractivity contribution >= 4 is 17.5 Å². The lowest BCUT2D eigenvalue weighted by Gasteiger charge is -2.41. The normalized spacial score (nSPS) is 23.1. The summed E-state index contributed by atoms with van der Waals surface area (Å²) in [7, 11) is 0. The van der Waals surface area contributed by atoms with E-state index >= 15 is 0 Å². The molecule has 1 aromatic rings. The minimum Gasteiger partial charge on any atom is -0.329 e. The first kappa shape index (κ1) is 14.1. The third-order valence-corrected chi connectivity index (χ3v) is 4.74. The van der Waals surface area contributed by atoms with Gasteiger partial charge in [-0.15, -0.1) is 0 Å². The Hall–Kier alpha value is -1.84. The van der Waals surface area contributed by atoms with Crippen molar-refractivity contribution in [3.8, 4) is 0 Å². The fourth-order valence-corrected chi connectivity index (χ4v) is 3.04. The van der Waals surface area contributed by atoms with Gasteiger partial charge in [0.1, 0.15) is 6.04 Å². The molecule has 3 rings (SSSR count). The SMILES string of the molecule is Cc1ccc(N2CCN(C(=O)C3CCC3)[C@@H](C)C2=O)cc1. The molecule has 2 amide bonds. The second-order valence-corrected chi connectivity index (χ2v) is 6.16. The van der Waals surface area contributed by atoms with Gasteiger partial charge in [0.15, 0.2) is 0 Å². The molecule has 0 aromatic heterocycles. The summed E-state index contributed by atoms with van der Waals surface area (Å²) in [5.41, 5.74) is 2.10. The van der Waals surface area contributed by atoms with E-state index in [9.17, 15) is 9.59 Å². The summed E-state index contributed by atoms with van der Waals surface area (Å²) in [4.78, 5) is 28.5. The van der Waals surface area contributed by atoms with Gasteiger partial charge in [0.2, 0.25) is 11.8 Å². The van der Waals surface area contributed by atoms with E-state index in [2.05, 4.69) is 0 Å². The first-order valence-corrected chi connectivity index (χ1v) is 7.76. The molecule has 0 N–H and O–H groups in total. The van der Waals surface area contributed by atoms with Gasteiger partial charge >= 0.3 is 0 Å². The standard InChI is InChI=1S/C17H22N2O2/c1-12-6-8-15(9-7-12)19-11-10-18(13(2)16(19)20)17(21)14-4-3-5-14/h6-9,13-14H,3-5,10-11H2,1-2H3/t13-/m0/s1. The zero-order valence-electron chi connectivity index (χ0n) is 12.7. The van der Waals surface area contributed by atoms with E-state index in [-0.39, 0.29) is 23.8 Å². The molecule has 4 heteroatoms. The summed E-state index contributed by atoms with van der Waals surface area (Å²) >= 11 is 0. The minimum atomic E-state index is -0.354. The van der Waals surface area contributed by atoms with Crippen LogP contribution in [-0.4, -0.2) is 35.8 Å². The molecule has 1 saturated heterocycles. The van der Waals surface area contributed by atoms with Crippen LogP contribution < -0.4 is 4.90 Å². The third-order valence-electron chi connectivity index (χ3n) is 4.74. The van der Waals surface area contributed by atoms with Crippen molar-refractivity contribution in [1.29, 1.82) is 0 Å². The Balaban J connectivity index is 1.73. The Morgan fingerprint density at radius 3 is 2.38 bits per heavy atom. The van der Waals surface area contributed by atoms with Crippen molar-refractivity contribution in [2.24, 2.45) is 5.92 Å². The second-order valence-electron chi connectivity index (χ2n) is 6.16. The van der Waals surface area contributed by atoms with E-state index in [1.165, 1.54) is 5.56 Å². The van der Waals surface area contributed by atoms with Crippen molar-refractivity contribution in [3.05, 3.63) is 29.8 Å². The van der Waals surface area contributed by atoms with Gasteiger partial charge in [-0.25, -0.2) is 0 Å². The number of carbonyl (C=O) groups excluding carboxylic acids is 2. The van der Waals surface area contributed by atoms with Crippen LogP contribution in [0.1, 0.15) is 31.7 Å². The molecule has 1 saturated carbocycles. The minimum absolute atomic E-state index is 0.0257. The lowest BCUT2D eigenvalue weighted by Crippen LogP contribution is -2.59. The number of rotatable bonds is 2. The maximum absolute atomic E-state index is 12.6. The summed E-state index contributed by atoms with van der Waals surface area (Å²) in [6.07, 6.45) is 3.11. The van der Waals surface area contributed by atoms with E-state index < -0.39 is 0 Å². The molecule has 1 aliphatic heterocycles. The first-order valence-electron chi connectivity index (χ1n) is 7.76. The third kappa shape index (κ3) is 2.55. The summed E-state index contributed by atoms with van der Waals surface area (Å²) < 4.78 is 0. The van der Waals surface area contributed by atoms with Crippen LogP contribution in [0.2, 0.25) is 0 Å². The number of aryl methyl sites for hydroxylation is 1. The van der Waals surface area contributed by atoms with Gasteiger partial charge in [-0.05, 0) is 38.8 Å². The van der Waals surface area contributed by atoms with E-state index in [0.29, 0.717) is 13.1 Å². The molecule has 1 aliphatic carbocycles. The summed E-state index contributed by atoms with van der Waals surface area (Å²) in [5.74, 6) is 0.356. The van der Waals surface area contributed by atoms with Gasteiger partial charge in [-0.2, -0.15) is 0 Å². The Labute approximate surface area is 125 Å². The number of amides is 2. The number of piperazine rings is 1. The van der Waals surface area contributed by atoms with Crippen LogP contribution in [-0.2, 0) is 9.59 Å². The summed E-state index contributed by atoms with van der Waals surface area (Å²) in [5, 5.41) is 0. The van der Waals surface area contributed by atoms with Crippen LogP contribution in [0.4, 0.5) is 5.69 Å². The van der Waals surface area contributed by atoms with E-state index in [0.717, 1.165) is 24.9 Å². The van der Waals surface area contributed by atoms with Gasteiger partial charge in [0.25, 0.3) is 0 Å². The average Bonchev–Trinajstić information content (AvgIpc) is 2.41. The molecule has 2 fully saturated rings. The Bertz CT molecular complexity index is 548. The molecule has 0 radical (unpaired) electrons. The molecule has 4 nitrogen and oxygen atoms in total. The highest BCUT2D eigenvalue weighted by Crippen LogP contribution is 2.30. The predicted octanol–water partition coefficient (Wildman–Crippen LogP) is 2.36. The smallest absolute Gasteiger partial charge is 0.249 e. The first-order chi connectivity index (χ1) is 10.1. The molecule has 2 aliphatic rings. The quantitative estimate of drug-likeness (QED) is 0.837. The summed E-state index contributed by atoms with van der Waals surface area (Å²) in [6, 6.07) is 7.62. The predicted molar refractivity (Wildman–Crippen MR) is 82.0 cm³/mol. The zero-order valence-corrected chi connectivity index (χ0v) is 12.7. The maximum Gasteiger partial charge on any atom is 0.249 e. The topological polar surface area (TPSA) is 40.6 Å². The van der Waals surface area contributed by atoms with Crippen molar-refractivity contribution in [2.75, 3.05) is 18.0 Å². The van der Waals surface area contributed by atoms with Crippen LogP contribution in [0, 0.1) is 12.8 Å². The molecule has 21 heavy (non-hydrogen) atoms. The van der Waals surface area contributed by atoms with Crippen molar-refractivity contribution in [3.63, 3.8) is 0 Å². The monoisotopic (exact) mass is 286 g/mol. The Kier molecular flexibility index (Phi) is 3.70. The van der Waals surface area contributed by atoms with Crippen LogP contribution in [0.5, 0.6) is 0 Å². The molecule has 0 unspecified atom stereocenters. The number of hydrogen-bond donors (Lipinski definition) is 0. The van der Waals surface area contributed by atoms with Crippen LogP contribution >= 0.6 is 0 Å². The molecule has 1 atom stereocenters. The zero-order chi connectivity index (χ0) is 15.0. The van der Waals surface area contributed by atoms with Crippen LogP contribution in [0.15, 0.2) is 24.3 Å². The molecule has 0 spiro atoms. The Morgan fingerprint density at radius 1 is 1.14 bits per heavy atom. The van der Waals surface area contributed by atoms with Crippen molar-refractivity contribution < 1.29 is 9.59 Å². The van der Waals surface area contributed by atoms with Gasteiger partial charge in [-0.3, -0.25) is 9.59 Å². The number of hydrogen-bond acceptors (Lipinski definition) is 2. The van der Waals surface area contributed by atoms with Crippen LogP contribution in [0.3, 0.4) is 0 Å². The lowest BCUT2D eigenvalue weighted by atomic mass is 9.84. The number of benzene rings is 1. The fourth-order valence-electron chi connectivity index (χ4n) is 3.04. The number of carbonyl (C=O) groups is 2. The highest BCUT2D eigenvalue weighted by Gasteiger charge is 2.38. The largest absolute Gasteiger partial charge is 0.329 e. The highest BCUT2D eigenvalue weighted by molar-refractivity contribution is 6.00. The summed E-state index contributed by atoms with van der Waals surface area (Å²) in [6.45, 7) is 5.10. The number of anilines is 1. The molecular formula is C17H22N2O2. The lowest BCUT2D eigenvalue weighted by molar-refractivity contribution is -0.146. The Morgan fingerprint density at radius 2 is 1.81 bits per heavy atom. The van der Waals surface area contributed by atoms with Crippen molar-refractivity contribution in [1.82, 2.24) is 4.90 Å². The van der Waals surface area contributed by atoms with E-state index in [1.807, 2.05) is 38.1 Å². The van der Waals surface area contributed by atoms with Crippen molar-refractivity contribution in [2.45, 2.75) is 39.2 Å². The fraction of sp³-hybridized carbons (Fsp3) is 0.529. The van der Waals surface area contributed by atoms with E-state index in [1.54, 1.807) is 9.80 Å². The van der Waals surface area contributed by atoms with Gasteiger partial charge in [0.05, 0.1) is 0 Å². The maximum atomic E-state index is 12.6. The van der Waals surface area contributed by atoms with Gasteiger partial charge in [0, 0.05) is 24.7 Å². The van der Waals surface area contributed by atoms with E-state index in [4.69, 9.17) is 0 Å². The molecular weight excluding hydrogens is 264 g/mol. The highest BCUT2D eigenvalue weighted by atomic mass is 16.2.